The summed E-state index contributed by atoms with van der Waals surface area (Å²) in [5.41, 5.74) is 5.31. The van der Waals surface area contributed by atoms with Crippen LogP contribution in [0.4, 0.5) is 10.1 Å². The third kappa shape index (κ3) is 6.22. The molecule has 1 heterocycles. The second-order valence-electron chi connectivity index (χ2n) is 7.61. The molecule has 0 aliphatic heterocycles. The van der Waals surface area contributed by atoms with Gasteiger partial charge in [-0.1, -0.05) is 43.3 Å². The van der Waals surface area contributed by atoms with E-state index in [-0.39, 0.29) is 11.8 Å². The number of benzene rings is 2. The summed E-state index contributed by atoms with van der Waals surface area (Å²) < 4.78 is 12.4. The Balaban J connectivity index is 1.70. The van der Waals surface area contributed by atoms with Gasteiger partial charge in [0, 0.05) is 24.6 Å². The van der Waals surface area contributed by atoms with Gasteiger partial charge in [0.05, 0.1) is 5.56 Å². The minimum Gasteiger partial charge on any atom is -0.350 e. The molecule has 0 unspecified atom stereocenters. The fourth-order valence-electron chi connectivity index (χ4n) is 3.42. The molecule has 0 saturated carbocycles. The molecule has 31 heavy (non-hydrogen) atoms. The highest BCUT2D eigenvalue weighted by Gasteiger charge is 2.12. The number of nitrogens with one attached hydrogen (secondary N) is 2. The van der Waals surface area contributed by atoms with Crippen LogP contribution in [-0.4, -0.2) is 23.5 Å². The average Bonchev–Trinajstić information content (AvgIpc) is 2.78. The number of hydrogen-bond acceptors (Lipinski definition) is 3. The Bertz CT molecular complexity index is 1070. The maximum absolute atomic E-state index is 12.5. The molecule has 5 nitrogen and oxygen atoms in total. The first-order valence-electron chi connectivity index (χ1n) is 10.2. The van der Waals surface area contributed by atoms with Crippen molar-refractivity contribution < 1.29 is 14.0 Å². The van der Waals surface area contributed by atoms with Gasteiger partial charge < -0.3 is 10.6 Å². The normalized spacial score (nSPS) is 11.6. The molecule has 0 saturated heterocycles. The summed E-state index contributed by atoms with van der Waals surface area (Å²) in [5.74, 6) is -0.638. The highest BCUT2D eigenvalue weighted by molar-refractivity contribution is 6.04. The number of carbonyl (C=O) groups is 2. The van der Waals surface area contributed by atoms with Gasteiger partial charge in [-0.2, -0.15) is 0 Å². The van der Waals surface area contributed by atoms with E-state index in [4.69, 9.17) is 0 Å². The highest BCUT2D eigenvalue weighted by Crippen LogP contribution is 2.25. The van der Waals surface area contributed by atoms with Crippen LogP contribution in [0, 0.1) is 6.92 Å². The fourth-order valence-corrected chi connectivity index (χ4v) is 3.42. The van der Waals surface area contributed by atoms with E-state index in [0.29, 0.717) is 12.1 Å². The molecule has 2 aromatic carbocycles. The van der Waals surface area contributed by atoms with Gasteiger partial charge in [-0.3, -0.25) is 14.6 Å². The lowest BCUT2D eigenvalue weighted by Crippen LogP contribution is -2.24. The van der Waals surface area contributed by atoms with Crippen LogP contribution in [0.15, 0.2) is 67.0 Å². The van der Waals surface area contributed by atoms with Gasteiger partial charge in [-0.15, -0.1) is 0 Å². The zero-order valence-corrected chi connectivity index (χ0v) is 17.7. The standard InChI is InChI=1S/C25H26FN3O2/c1-17-10-22(15-27-14-17)25(31)29-23-9-5-8-19(12-23)18(2)11-20-6-3-4-7-21(20)16-28-24(30)13-26/h3-10,12,14-15,18H,11,13,16H2,1-2H3,(H,28,30)(H,29,31)/t18-/m1/s1. The molecule has 0 aliphatic rings. The molecule has 2 amide bonds. The molecule has 2 N–H and O–H groups in total. The maximum Gasteiger partial charge on any atom is 0.257 e. The highest BCUT2D eigenvalue weighted by atomic mass is 19.1. The summed E-state index contributed by atoms with van der Waals surface area (Å²) in [7, 11) is 0. The predicted molar refractivity (Wildman–Crippen MR) is 120 cm³/mol. The topological polar surface area (TPSA) is 71.1 Å². The van der Waals surface area contributed by atoms with E-state index < -0.39 is 12.6 Å². The van der Waals surface area contributed by atoms with E-state index >= 15 is 0 Å². The number of aryl methyl sites for hydroxylation is 1. The molecular formula is C25H26FN3O2. The van der Waals surface area contributed by atoms with Gasteiger partial charge >= 0.3 is 0 Å². The van der Waals surface area contributed by atoms with Crippen molar-refractivity contribution >= 4 is 17.5 Å². The van der Waals surface area contributed by atoms with Crippen molar-refractivity contribution in [2.45, 2.75) is 32.7 Å². The van der Waals surface area contributed by atoms with Crippen LogP contribution in [-0.2, 0) is 17.8 Å². The van der Waals surface area contributed by atoms with Crippen molar-refractivity contribution in [1.82, 2.24) is 10.3 Å². The van der Waals surface area contributed by atoms with Gasteiger partial charge in [0.25, 0.3) is 11.8 Å². The molecule has 1 aromatic heterocycles. The van der Waals surface area contributed by atoms with Crippen molar-refractivity contribution in [3.8, 4) is 0 Å². The number of alkyl halides is 1. The Morgan fingerprint density at radius 3 is 2.55 bits per heavy atom. The van der Waals surface area contributed by atoms with Gasteiger partial charge in [-0.25, -0.2) is 4.39 Å². The van der Waals surface area contributed by atoms with E-state index in [0.717, 1.165) is 34.4 Å². The number of halogens is 1. The summed E-state index contributed by atoms with van der Waals surface area (Å²) in [4.78, 5) is 27.9. The number of amides is 2. The quantitative estimate of drug-likeness (QED) is 0.562. The minimum atomic E-state index is -1.02. The minimum absolute atomic E-state index is 0.176. The number of aromatic nitrogens is 1. The Labute approximate surface area is 181 Å². The third-order valence-electron chi connectivity index (χ3n) is 5.09. The molecule has 160 valence electrons. The van der Waals surface area contributed by atoms with Gasteiger partial charge in [0.15, 0.2) is 6.67 Å². The second kappa shape index (κ2) is 10.5. The Hall–Kier alpha value is -3.54. The number of nitrogens with zero attached hydrogens (tertiary/aromatic N) is 1. The first-order valence-corrected chi connectivity index (χ1v) is 10.2. The van der Waals surface area contributed by atoms with Gasteiger partial charge in [-0.05, 0) is 59.7 Å². The summed E-state index contributed by atoms with van der Waals surface area (Å²) in [6.45, 7) is 3.29. The zero-order chi connectivity index (χ0) is 22.2. The van der Waals surface area contributed by atoms with Crippen LogP contribution < -0.4 is 10.6 Å². The van der Waals surface area contributed by atoms with Crippen molar-refractivity contribution in [2.24, 2.45) is 0 Å². The molecule has 6 heteroatoms. The van der Waals surface area contributed by atoms with Crippen molar-refractivity contribution in [2.75, 3.05) is 12.0 Å². The average molecular weight is 420 g/mol. The number of rotatable bonds is 8. The lowest BCUT2D eigenvalue weighted by Gasteiger charge is -2.17. The SMILES string of the molecule is Cc1cncc(C(=O)Nc2cccc([C@H](C)Cc3ccccc3CNC(=O)CF)c2)c1. The molecule has 1 atom stereocenters. The Kier molecular flexibility index (Phi) is 7.49. The van der Waals surface area contributed by atoms with Gasteiger partial charge in [0.1, 0.15) is 0 Å². The molecular weight excluding hydrogens is 393 g/mol. The third-order valence-corrected chi connectivity index (χ3v) is 5.09. The first kappa shape index (κ1) is 22.2. The lowest BCUT2D eigenvalue weighted by atomic mass is 9.91. The Morgan fingerprint density at radius 1 is 1.03 bits per heavy atom. The van der Waals surface area contributed by atoms with Crippen LogP contribution in [0.25, 0.3) is 0 Å². The van der Waals surface area contributed by atoms with Crippen LogP contribution in [0.1, 0.15) is 45.5 Å². The largest absolute Gasteiger partial charge is 0.350 e. The summed E-state index contributed by atoms with van der Waals surface area (Å²) >= 11 is 0. The molecule has 0 fully saturated rings. The summed E-state index contributed by atoms with van der Waals surface area (Å²) in [5, 5.41) is 5.52. The van der Waals surface area contributed by atoms with Crippen molar-refractivity contribution in [3.05, 3.63) is 94.8 Å². The lowest BCUT2D eigenvalue weighted by molar-refractivity contribution is -0.122. The van der Waals surface area contributed by atoms with E-state index in [1.807, 2.05) is 55.5 Å². The molecule has 3 rings (SSSR count). The smallest absolute Gasteiger partial charge is 0.257 e. The maximum atomic E-state index is 12.5. The summed E-state index contributed by atoms with van der Waals surface area (Å²) in [6, 6.07) is 17.4. The number of hydrogen-bond donors (Lipinski definition) is 2. The predicted octanol–water partition coefficient (Wildman–Crippen LogP) is 4.57. The molecule has 0 bridgehead atoms. The van der Waals surface area contributed by atoms with Crippen LogP contribution in [0.3, 0.4) is 0 Å². The number of anilines is 1. The number of carbonyl (C=O) groups excluding carboxylic acids is 2. The van der Waals surface area contributed by atoms with Crippen LogP contribution >= 0.6 is 0 Å². The van der Waals surface area contributed by atoms with E-state index in [9.17, 15) is 14.0 Å². The van der Waals surface area contributed by atoms with Crippen LogP contribution in [0.2, 0.25) is 0 Å². The monoisotopic (exact) mass is 419 g/mol. The zero-order valence-electron chi connectivity index (χ0n) is 17.7. The van der Waals surface area contributed by atoms with Crippen molar-refractivity contribution in [1.29, 1.82) is 0 Å². The molecule has 0 spiro atoms. The second-order valence-corrected chi connectivity index (χ2v) is 7.61. The Morgan fingerprint density at radius 2 is 1.81 bits per heavy atom. The van der Waals surface area contributed by atoms with E-state index in [1.54, 1.807) is 18.5 Å². The number of pyridine rings is 1. The van der Waals surface area contributed by atoms with Crippen LogP contribution in [0.5, 0.6) is 0 Å². The fraction of sp³-hybridized carbons (Fsp3) is 0.240. The van der Waals surface area contributed by atoms with Gasteiger partial charge in [0.2, 0.25) is 0 Å². The first-order chi connectivity index (χ1) is 15.0. The van der Waals surface area contributed by atoms with E-state index in [1.165, 1.54) is 0 Å². The molecule has 0 radical (unpaired) electrons. The summed E-state index contributed by atoms with van der Waals surface area (Å²) in [6.07, 6.45) is 4.01. The molecule has 3 aromatic rings. The molecule has 0 aliphatic carbocycles. The van der Waals surface area contributed by atoms with E-state index in [2.05, 4.69) is 22.5 Å². The van der Waals surface area contributed by atoms with Crippen molar-refractivity contribution in [3.63, 3.8) is 0 Å².